The maximum absolute atomic E-state index is 12.9. The number of nitrogens with zero attached hydrogens (tertiary/aromatic N) is 2. The number of aryl methyl sites for hydroxylation is 1. The van der Waals surface area contributed by atoms with E-state index in [0.29, 0.717) is 42.8 Å². The number of benzene rings is 2. The van der Waals surface area contributed by atoms with Gasteiger partial charge in [-0.1, -0.05) is 35.9 Å². The zero-order valence-corrected chi connectivity index (χ0v) is 21.4. The Kier molecular flexibility index (Phi) is 7.69. The van der Waals surface area contributed by atoms with Gasteiger partial charge in [-0.05, 0) is 47.2 Å². The maximum Gasteiger partial charge on any atom is 0.255 e. The normalized spacial score (nSPS) is 20.2. The fourth-order valence-corrected chi connectivity index (χ4v) is 5.48. The number of nitrogens with one attached hydrogen (secondary N) is 1. The summed E-state index contributed by atoms with van der Waals surface area (Å²) < 4.78 is 5.39. The van der Waals surface area contributed by atoms with Gasteiger partial charge in [0.15, 0.2) is 0 Å². The number of ether oxygens (including phenoxy) is 1. The molecule has 1 N–H and O–H groups in total. The van der Waals surface area contributed by atoms with Crippen LogP contribution in [0.25, 0.3) is 0 Å². The van der Waals surface area contributed by atoms with Crippen LogP contribution in [-0.4, -0.2) is 65.6 Å². The van der Waals surface area contributed by atoms with Gasteiger partial charge in [-0.3, -0.25) is 29.4 Å². The van der Waals surface area contributed by atoms with Gasteiger partial charge in [-0.2, -0.15) is 0 Å². The summed E-state index contributed by atoms with van der Waals surface area (Å²) in [6.45, 7) is 4.37. The van der Waals surface area contributed by atoms with Crippen molar-refractivity contribution in [2.75, 3.05) is 26.3 Å². The third-order valence-corrected chi connectivity index (χ3v) is 7.65. The third-order valence-electron chi connectivity index (χ3n) is 7.30. The van der Waals surface area contributed by atoms with Gasteiger partial charge in [-0.15, -0.1) is 0 Å². The molecule has 3 aliphatic heterocycles. The van der Waals surface area contributed by atoms with Crippen LogP contribution in [0, 0.1) is 0 Å². The number of rotatable bonds is 8. The minimum Gasteiger partial charge on any atom is -0.379 e. The highest BCUT2D eigenvalue weighted by Crippen LogP contribution is 2.28. The van der Waals surface area contributed by atoms with Crippen molar-refractivity contribution in [2.24, 2.45) is 0 Å². The van der Waals surface area contributed by atoms with Crippen LogP contribution >= 0.6 is 11.6 Å². The molecule has 0 saturated carbocycles. The van der Waals surface area contributed by atoms with E-state index in [0.717, 1.165) is 55.1 Å². The predicted octanol–water partition coefficient (Wildman–Crippen LogP) is 2.68. The smallest absolute Gasteiger partial charge is 0.255 e. The first kappa shape index (κ1) is 25.6. The van der Waals surface area contributed by atoms with Crippen LogP contribution in [0.2, 0.25) is 5.02 Å². The Morgan fingerprint density at radius 1 is 1.05 bits per heavy atom. The molecule has 3 aliphatic rings. The lowest BCUT2D eigenvalue weighted by Crippen LogP contribution is -2.52. The second-order valence-electron chi connectivity index (χ2n) is 9.92. The van der Waals surface area contributed by atoms with Crippen LogP contribution in [0.4, 0.5) is 0 Å². The van der Waals surface area contributed by atoms with Crippen LogP contribution in [-0.2, 0) is 45.1 Å². The maximum atomic E-state index is 12.9. The number of hydrogen-bond acceptors (Lipinski definition) is 6. The molecule has 2 aromatic carbocycles. The molecule has 194 valence electrons. The molecule has 2 saturated heterocycles. The highest BCUT2D eigenvalue weighted by atomic mass is 35.5. The summed E-state index contributed by atoms with van der Waals surface area (Å²) >= 11 is 6.51. The van der Waals surface area contributed by atoms with E-state index in [1.165, 1.54) is 4.90 Å². The van der Waals surface area contributed by atoms with Crippen molar-refractivity contribution in [2.45, 2.75) is 51.2 Å². The zero-order valence-electron chi connectivity index (χ0n) is 20.6. The molecule has 0 aromatic heterocycles. The molecule has 1 atom stereocenters. The molecule has 1 unspecified atom stereocenters. The number of hydrogen-bond donors (Lipinski definition) is 1. The average Bonchev–Trinajstić information content (AvgIpc) is 3.20. The number of morpholine rings is 1. The van der Waals surface area contributed by atoms with Gasteiger partial charge < -0.3 is 9.64 Å². The van der Waals surface area contributed by atoms with Gasteiger partial charge in [0.1, 0.15) is 11.8 Å². The minimum absolute atomic E-state index is 0.124. The molecule has 0 radical (unpaired) electrons. The summed E-state index contributed by atoms with van der Waals surface area (Å²) in [5.74, 6) is -0.791. The highest BCUT2D eigenvalue weighted by Gasteiger charge is 2.39. The van der Waals surface area contributed by atoms with Crippen molar-refractivity contribution in [3.63, 3.8) is 0 Å². The molecule has 3 amide bonds. The Morgan fingerprint density at radius 3 is 2.59 bits per heavy atom. The van der Waals surface area contributed by atoms with Gasteiger partial charge in [0.05, 0.1) is 13.2 Å². The SMILES string of the molecule is O=C(CCc1ccc2c(c1)CN(C1CCC(=O)NC1=O)C2=O)Cc1ccc(CN2CCOCC2)c(Cl)c1. The summed E-state index contributed by atoms with van der Waals surface area (Å²) in [5.41, 5.74) is 4.36. The fraction of sp³-hybridized carbons (Fsp3) is 0.429. The first-order chi connectivity index (χ1) is 17.9. The molecule has 0 spiro atoms. The number of carbonyl (C=O) groups excluding carboxylic acids is 4. The van der Waals surface area contributed by atoms with Gasteiger partial charge in [0.2, 0.25) is 11.8 Å². The number of imide groups is 1. The van der Waals surface area contributed by atoms with Crippen molar-refractivity contribution in [1.29, 1.82) is 0 Å². The number of halogens is 1. The van der Waals surface area contributed by atoms with Crippen LogP contribution in [0.15, 0.2) is 36.4 Å². The number of carbonyl (C=O) groups is 4. The average molecular weight is 524 g/mol. The molecule has 8 nitrogen and oxygen atoms in total. The van der Waals surface area contributed by atoms with Crippen molar-refractivity contribution in [3.8, 4) is 0 Å². The highest BCUT2D eigenvalue weighted by molar-refractivity contribution is 6.31. The van der Waals surface area contributed by atoms with E-state index in [1.807, 2.05) is 30.3 Å². The van der Waals surface area contributed by atoms with Crippen LogP contribution in [0.3, 0.4) is 0 Å². The molecule has 0 aliphatic carbocycles. The number of ketones is 1. The molecule has 2 aromatic rings. The van der Waals surface area contributed by atoms with Crippen LogP contribution in [0.5, 0.6) is 0 Å². The van der Waals surface area contributed by atoms with E-state index in [2.05, 4.69) is 10.2 Å². The lowest BCUT2D eigenvalue weighted by Gasteiger charge is -2.29. The molecule has 3 heterocycles. The number of amides is 3. The van der Waals surface area contributed by atoms with Gasteiger partial charge in [0.25, 0.3) is 5.91 Å². The monoisotopic (exact) mass is 523 g/mol. The minimum atomic E-state index is -0.630. The van der Waals surface area contributed by atoms with E-state index < -0.39 is 11.9 Å². The lowest BCUT2D eigenvalue weighted by atomic mass is 9.99. The number of piperidine rings is 1. The standard InChI is InChI=1S/C28H30ClN3O5/c29-24-15-19(1-4-20(24)16-31-9-11-37-12-10-31)14-22(33)5-2-18-3-6-23-21(13-18)17-32(28(23)36)25-7-8-26(34)30-27(25)35/h1,3-4,6,13,15,25H,2,5,7-12,14,16-17H2,(H,30,34,35). The van der Waals surface area contributed by atoms with E-state index in [4.69, 9.17) is 16.3 Å². The Balaban J connectivity index is 1.15. The fourth-order valence-electron chi connectivity index (χ4n) is 5.21. The van der Waals surface area contributed by atoms with Crippen LogP contribution < -0.4 is 5.32 Å². The summed E-state index contributed by atoms with van der Waals surface area (Å²) in [5, 5.41) is 3.00. The first-order valence-corrected chi connectivity index (χ1v) is 13.1. The third kappa shape index (κ3) is 5.92. The second-order valence-corrected chi connectivity index (χ2v) is 10.3. The molecule has 2 fully saturated rings. The molecule has 9 heteroatoms. The second kappa shape index (κ2) is 11.1. The van der Waals surface area contributed by atoms with Gasteiger partial charge >= 0.3 is 0 Å². The van der Waals surface area contributed by atoms with E-state index in [1.54, 1.807) is 6.07 Å². The number of fused-ring (bicyclic) bond motifs is 1. The van der Waals surface area contributed by atoms with E-state index in [-0.39, 0.29) is 24.0 Å². The predicted molar refractivity (Wildman–Crippen MR) is 137 cm³/mol. The summed E-state index contributed by atoms with van der Waals surface area (Å²) in [6.07, 6.45) is 1.85. The van der Waals surface area contributed by atoms with Crippen molar-refractivity contribution in [3.05, 3.63) is 69.2 Å². The lowest BCUT2D eigenvalue weighted by molar-refractivity contribution is -0.137. The summed E-state index contributed by atoms with van der Waals surface area (Å²) in [6, 6.07) is 10.8. The largest absolute Gasteiger partial charge is 0.379 e. The number of Topliss-reactive ketones (excluding diaryl/α,β-unsaturated/α-hetero) is 1. The van der Waals surface area contributed by atoms with Gasteiger partial charge in [0, 0.05) is 56.0 Å². The first-order valence-electron chi connectivity index (χ1n) is 12.7. The molecule has 5 rings (SSSR count). The zero-order chi connectivity index (χ0) is 25.9. The van der Waals surface area contributed by atoms with Crippen LogP contribution in [0.1, 0.15) is 51.9 Å². The molecular weight excluding hydrogens is 494 g/mol. The molecule has 37 heavy (non-hydrogen) atoms. The van der Waals surface area contributed by atoms with E-state index >= 15 is 0 Å². The Bertz CT molecular complexity index is 1240. The Morgan fingerprint density at radius 2 is 1.84 bits per heavy atom. The Labute approximate surface area is 220 Å². The van der Waals surface area contributed by atoms with Crippen molar-refractivity contribution >= 4 is 35.1 Å². The van der Waals surface area contributed by atoms with Gasteiger partial charge in [-0.25, -0.2) is 0 Å². The van der Waals surface area contributed by atoms with Crippen molar-refractivity contribution < 1.29 is 23.9 Å². The quantitative estimate of drug-likeness (QED) is 0.534. The molecular formula is C28H30ClN3O5. The summed E-state index contributed by atoms with van der Waals surface area (Å²) in [7, 11) is 0. The topological polar surface area (TPSA) is 96.0 Å². The summed E-state index contributed by atoms with van der Waals surface area (Å²) in [4.78, 5) is 53.1. The van der Waals surface area contributed by atoms with E-state index in [9.17, 15) is 19.2 Å². The Hall–Kier alpha value is -3.07. The van der Waals surface area contributed by atoms with Crippen molar-refractivity contribution in [1.82, 2.24) is 15.1 Å². The molecule has 0 bridgehead atoms.